The number of benzene rings is 3. The van der Waals surface area contributed by atoms with Crippen molar-refractivity contribution >= 4 is 31.4 Å². The fraction of sp³-hybridized carbons (Fsp3) is 0.0526. The van der Waals surface area contributed by atoms with Crippen molar-refractivity contribution in [1.29, 1.82) is 0 Å². The third-order valence-corrected chi connectivity index (χ3v) is 6.87. The van der Waals surface area contributed by atoms with Crippen LogP contribution in [0.1, 0.15) is 0 Å². The van der Waals surface area contributed by atoms with Gasteiger partial charge in [-0.15, -0.1) is 0 Å². The van der Waals surface area contributed by atoms with E-state index in [1.165, 1.54) is 0 Å². The van der Waals surface area contributed by atoms with Gasteiger partial charge in [0.15, 0.2) is 0 Å². The van der Waals surface area contributed by atoms with Crippen LogP contribution in [-0.4, -0.2) is 34.2 Å². The van der Waals surface area contributed by atoms with Crippen LogP contribution in [0.25, 0.3) is 0 Å². The van der Waals surface area contributed by atoms with Crippen LogP contribution in [-0.2, 0) is 20.0 Å². The minimum Gasteiger partial charge on any atom is -0.508 e. The summed E-state index contributed by atoms with van der Waals surface area (Å²) in [6, 6.07) is 8.13. The van der Waals surface area contributed by atoms with E-state index in [-0.39, 0.29) is 5.75 Å². The molecule has 170 valence electrons. The average molecular weight is 486 g/mol. The number of anilines is 2. The summed E-state index contributed by atoms with van der Waals surface area (Å²) < 4.78 is 87.7. The number of sulfonamides is 2. The second-order valence-corrected chi connectivity index (χ2v) is 9.69. The van der Waals surface area contributed by atoms with Gasteiger partial charge in [-0.05, 0) is 42.5 Å². The quantitative estimate of drug-likeness (QED) is 0.402. The Balaban J connectivity index is 2.04. The lowest BCUT2D eigenvalue weighted by Gasteiger charge is -2.15. The predicted molar refractivity (Wildman–Crippen MR) is 111 cm³/mol. The van der Waals surface area contributed by atoms with Gasteiger partial charge in [-0.3, -0.25) is 9.44 Å². The summed E-state index contributed by atoms with van der Waals surface area (Å²) in [5.74, 6) is -3.05. The SMILES string of the molecule is COc1ccc(S(=O)(=O)Nc2cc(O)ccc2F)cc1S(=O)(=O)Nc1cc(O)ccc1F. The largest absolute Gasteiger partial charge is 0.508 e. The van der Waals surface area contributed by atoms with E-state index >= 15 is 0 Å². The summed E-state index contributed by atoms with van der Waals surface area (Å²) >= 11 is 0. The van der Waals surface area contributed by atoms with Crippen LogP contribution in [0.2, 0.25) is 0 Å². The fourth-order valence-corrected chi connectivity index (χ4v) is 5.03. The Labute approximate surface area is 182 Å². The first kappa shape index (κ1) is 23.1. The Bertz CT molecular complexity index is 1390. The lowest BCUT2D eigenvalue weighted by Crippen LogP contribution is -2.18. The third-order valence-electron chi connectivity index (χ3n) is 4.12. The van der Waals surface area contributed by atoms with E-state index < -0.39 is 64.3 Å². The minimum absolute atomic E-state index is 0.263. The number of phenolic OH excluding ortho intramolecular Hbond substituents is 2. The normalized spacial score (nSPS) is 11.7. The van der Waals surface area contributed by atoms with Gasteiger partial charge < -0.3 is 14.9 Å². The molecule has 3 rings (SSSR count). The molecule has 0 aliphatic carbocycles. The minimum atomic E-state index is -4.60. The zero-order chi connectivity index (χ0) is 23.7. The number of hydrogen-bond donors (Lipinski definition) is 4. The Hall–Kier alpha value is -3.58. The number of methoxy groups -OCH3 is 1. The third kappa shape index (κ3) is 4.84. The van der Waals surface area contributed by atoms with E-state index in [1.54, 1.807) is 0 Å². The van der Waals surface area contributed by atoms with E-state index in [0.717, 1.165) is 61.7 Å². The maximum absolute atomic E-state index is 13.9. The summed E-state index contributed by atoms with van der Waals surface area (Å²) in [5.41, 5.74) is -1.15. The Morgan fingerprint density at radius 3 is 1.75 bits per heavy atom. The zero-order valence-corrected chi connectivity index (χ0v) is 17.8. The van der Waals surface area contributed by atoms with E-state index in [2.05, 4.69) is 0 Å². The Morgan fingerprint density at radius 2 is 1.25 bits per heavy atom. The van der Waals surface area contributed by atoms with Gasteiger partial charge in [0.05, 0.1) is 23.4 Å². The standard InChI is InChI=1S/C19H16F2N2O7S2/c1-30-18-7-4-13(31(26,27)22-16-8-11(24)2-5-14(16)20)10-19(18)32(28,29)23-17-9-12(25)3-6-15(17)21/h2-10,22-25H,1H3. The van der Waals surface area contributed by atoms with E-state index in [9.17, 15) is 35.8 Å². The molecule has 0 aliphatic heterocycles. The molecular weight excluding hydrogens is 470 g/mol. The highest BCUT2D eigenvalue weighted by molar-refractivity contribution is 7.93. The summed E-state index contributed by atoms with van der Waals surface area (Å²) in [6.45, 7) is 0. The molecule has 0 amide bonds. The van der Waals surface area contributed by atoms with Crippen molar-refractivity contribution in [2.24, 2.45) is 0 Å². The molecule has 32 heavy (non-hydrogen) atoms. The van der Waals surface area contributed by atoms with Crippen molar-refractivity contribution in [1.82, 2.24) is 0 Å². The summed E-state index contributed by atoms with van der Waals surface area (Å²) in [5, 5.41) is 18.9. The number of ether oxygens (including phenoxy) is 1. The number of aromatic hydroxyl groups is 2. The maximum Gasteiger partial charge on any atom is 0.265 e. The monoisotopic (exact) mass is 486 g/mol. The topological polar surface area (TPSA) is 142 Å². The van der Waals surface area contributed by atoms with Crippen LogP contribution in [0, 0.1) is 11.6 Å². The first-order chi connectivity index (χ1) is 14.9. The highest BCUT2D eigenvalue weighted by Crippen LogP contribution is 2.31. The highest BCUT2D eigenvalue weighted by atomic mass is 32.2. The lowest BCUT2D eigenvalue weighted by atomic mass is 10.3. The Morgan fingerprint density at radius 1 is 0.750 bits per heavy atom. The van der Waals surface area contributed by atoms with Crippen molar-refractivity contribution in [3.63, 3.8) is 0 Å². The molecule has 3 aromatic carbocycles. The van der Waals surface area contributed by atoms with Gasteiger partial charge in [-0.2, -0.15) is 0 Å². The fourth-order valence-electron chi connectivity index (χ4n) is 2.62. The van der Waals surface area contributed by atoms with Gasteiger partial charge in [0.2, 0.25) is 0 Å². The number of hydrogen-bond acceptors (Lipinski definition) is 7. The maximum atomic E-state index is 13.9. The van der Waals surface area contributed by atoms with Gasteiger partial charge in [-0.25, -0.2) is 25.6 Å². The van der Waals surface area contributed by atoms with E-state index in [4.69, 9.17) is 4.74 Å². The second-order valence-electron chi connectivity index (χ2n) is 6.35. The van der Waals surface area contributed by atoms with Gasteiger partial charge in [0.25, 0.3) is 20.0 Å². The van der Waals surface area contributed by atoms with Crippen LogP contribution in [0.15, 0.2) is 64.4 Å². The molecule has 0 saturated heterocycles. The average Bonchev–Trinajstić information content (AvgIpc) is 2.72. The molecule has 0 heterocycles. The number of nitrogens with one attached hydrogen (secondary N) is 2. The van der Waals surface area contributed by atoms with Crippen molar-refractivity contribution in [3.05, 3.63) is 66.2 Å². The lowest BCUT2D eigenvalue weighted by molar-refractivity contribution is 0.402. The molecule has 4 N–H and O–H groups in total. The van der Waals surface area contributed by atoms with Gasteiger partial charge in [0.1, 0.15) is 33.8 Å². The van der Waals surface area contributed by atoms with Crippen LogP contribution < -0.4 is 14.2 Å². The van der Waals surface area contributed by atoms with Gasteiger partial charge in [0, 0.05) is 12.1 Å². The molecular formula is C19H16F2N2O7S2. The molecule has 0 unspecified atom stereocenters. The van der Waals surface area contributed by atoms with E-state index in [1.807, 2.05) is 9.44 Å². The molecule has 13 heteroatoms. The molecule has 0 atom stereocenters. The first-order valence-corrected chi connectivity index (χ1v) is 11.6. The van der Waals surface area contributed by atoms with Crippen molar-refractivity contribution in [2.45, 2.75) is 9.79 Å². The van der Waals surface area contributed by atoms with Crippen molar-refractivity contribution in [3.8, 4) is 17.2 Å². The molecule has 0 fully saturated rings. The molecule has 3 aromatic rings. The van der Waals surface area contributed by atoms with Gasteiger partial charge in [-0.1, -0.05) is 0 Å². The van der Waals surface area contributed by atoms with Crippen LogP contribution >= 0.6 is 0 Å². The number of rotatable bonds is 7. The molecule has 0 aromatic heterocycles. The van der Waals surface area contributed by atoms with Gasteiger partial charge >= 0.3 is 0 Å². The summed E-state index contributed by atoms with van der Waals surface area (Å²) in [7, 11) is -7.97. The van der Waals surface area contributed by atoms with Crippen molar-refractivity contribution < 1.29 is 40.6 Å². The van der Waals surface area contributed by atoms with Crippen LogP contribution in [0.4, 0.5) is 20.2 Å². The molecule has 0 aliphatic rings. The predicted octanol–water partition coefficient (Wildman–Crippen LogP) is 2.99. The van der Waals surface area contributed by atoms with Crippen LogP contribution in [0.3, 0.4) is 0 Å². The summed E-state index contributed by atoms with van der Waals surface area (Å²) in [6.07, 6.45) is 0. The second kappa shape index (κ2) is 8.51. The smallest absolute Gasteiger partial charge is 0.265 e. The summed E-state index contributed by atoms with van der Waals surface area (Å²) in [4.78, 5) is -1.25. The highest BCUT2D eigenvalue weighted by Gasteiger charge is 2.26. The number of phenols is 2. The zero-order valence-electron chi connectivity index (χ0n) is 16.2. The molecule has 0 spiro atoms. The number of halogens is 2. The molecule has 0 bridgehead atoms. The molecule has 9 nitrogen and oxygen atoms in total. The van der Waals surface area contributed by atoms with Crippen molar-refractivity contribution in [2.75, 3.05) is 16.6 Å². The molecule has 0 radical (unpaired) electrons. The molecule has 0 saturated carbocycles. The van der Waals surface area contributed by atoms with Crippen LogP contribution in [0.5, 0.6) is 17.2 Å². The first-order valence-electron chi connectivity index (χ1n) is 8.63. The Kier molecular flexibility index (Phi) is 6.14. The van der Waals surface area contributed by atoms with E-state index in [0.29, 0.717) is 0 Å².